The number of nitrogens with one attached hydrogen (secondary N) is 1. The fraction of sp³-hybridized carbons (Fsp3) is 0.538. The lowest BCUT2D eigenvalue weighted by atomic mass is 9.89. The Bertz CT molecular complexity index is 432. The first-order valence-electron chi connectivity index (χ1n) is 5.87. The summed E-state index contributed by atoms with van der Waals surface area (Å²) < 4.78 is 39.1. The second-order valence-corrected chi connectivity index (χ2v) is 6.09. The maximum atomic E-state index is 12.9. The van der Waals surface area contributed by atoms with E-state index in [1.54, 1.807) is 0 Å². The molecule has 1 aromatic rings. The van der Waals surface area contributed by atoms with Crippen molar-refractivity contribution in [3.8, 4) is 0 Å². The molecule has 0 aliphatic carbocycles. The molecule has 2 N–H and O–H groups in total. The van der Waals surface area contributed by atoms with Gasteiger partial charge in [0.15, 0.2) is 0 Å². The van der Waals surface area contributed by atoms with Crippen molar-refractivity contribution in [3.05, 3.63) is 28.2 Å². The van der Waals surface area contributed by atoms with Crippen molar-refractivity contribution >= 4 is 21.6 Å². The van der Waals surface area contributed by atoms with E-state index < -0.39 is 11.7 Å². The quantitative estimate of drug-likeness (QED) is 0.838. The van der Waals surface area contributed by atoms with Crippen LogP contribution in [0.5, 0.6) is 0 Å². The van der Waals surface area contributed by atoms with Crippen LogP contribution in [0.15, 0.2) is 22.7 Å². The predicted octanol–water partition coefficient (Wildman–Crippen LogP) is 4.29. The van der Waals surface area contributed by atoms with Gasteiger partial charge in [-0.2, -0.15) is 13.2 Å². The van der Waals surface area contributed by atoms with Crippen molar-refractivity contribution in [3.63, 3.8) is 0 Å². The number of hydrogen-bond acceptors (Lipinski definition) is 2. The van der Waals surface area contributed by atoms with Crippen molar-refractivity contribution in [1.82, 2.24) is 0 Å². The van der Waals surface area contributed by atoms with E-state index in [9.17, 15) is 13.2 Å². The average Bonchev–Trinajstić information content (AvgIpc) is 2.25. The van der Waals surface area contributed by atoms with Gasteiger partial charge in [-0.3, -0.25) is 0 Å². The zero-order valence-corrected chi connectivity index (χ0v) is 12.4. The summed E-state index contributed by atoms with van der Waals surface area (Å²) in [4.78, 5) is 0. The second kappa shape index (κ2) is 6.13. The predicted molar refractivity (Wildman–Crippen MR) is 73.1 cm³/mol. The number of hydrogen-bond donors (Lipinski definition) is 2. The highest BCUT2D eigenvalue weighted by atomic mass is 79.9. The van der Waals surface area contributed by atoms with Crippen molar-refractivity contribution in [2.75, 3.05) is 18.5 Å². The van der Waals surface area contributed by atoms with Gasteiger partial charge in [-0.15, -0.1) is 0 Å². The van der Waals surface area contributed by atoms with Gasteiger partial charge < -0.3 is 10.4 Å². The first-order valence-corrected chi connectivity index (χ1v) is 6.66. The van der Waals surface area contributed by atoms with E-state index >= 15 is 0 Å². The summed E-state index contributed by atoms with van der Waals surface area (Å²) in [5.74, 6) is 0. The lowest BCUT2D eigenvalue weighted by Crippen LogP contribution is -2.25. The third-order valence-electron chi connectivity index (χ3n) is 2.83. The number of benzene rings is 1. The van der Waals surface area contributed by atoms with Gasteiger partial charge in [0.25, 0.3) is 0 Å². The molecule has 0 amide bonds. The molecule has 0 spiro atoms. The normalized spacial score (nSPS) is 12.6. The standard InChI is InChI=1S/C13H17BrF3NO/c1-12(2,5-6-19)8-18-11-7-9(14)3-4-10(11)13(15,16)17/h3-4,7,18-19H,5-6,8H2,1-2H3. The van der Waals surface area contributed by atoms with Crippen molar-refractivity contribution in [2.24, 2.45) is 5.41 Å². The first kappa shape index (κ1) is 16.3. The Morgan fingerprint density at radius 3 is 2.42 bits per heavy atom. The summed E-state index contributed by atoms with van der Waals surface area (Å²) in [7, 11) is 0. The van der Waals surface area contributed by atoms with Crippen LogP contribution in [-0.4, -0.2) is 18.3 Å². The van der Waals surface area contributed by atoms with Gasteiger partial charge in [0.2, 0.25) is 0 Å². The topological polar surface area (TPSA) is 32.3 Å². The molecular weight excluding hydrogens is 323 g/mol. The first-order chi connectivity index (χ1) is 8.65. The molecule has 0 heterocycles. The number of anilines is 1. The zero-order chi connectivity index (χ0) is 14.7. The Morgan fingerprint density at radius 2 is 1.89 bits per heavy atom. The highest BCUT2D eigenvalue weighted by molar-refractivity contribution is 9.10. The van der Waals surface area contributed by atoms with Crippen LogP contribution in [0, 0.1) is 5.41 Å². The molecule has 0 atom stereocenters. The molecule has 0 bridgehead atoms. The van der Waals surface area contributed by atoms with E-state index in [1.807, 2.05) is 13.8 Å². The lowest BCUT2D eigenvalue weighted by Gasteiger charge is -2.25. The molecule has 0 aliphatic rings. The largest absolute Gasteiger partial charge is 0.418 e. The Kier molecular flexibility index (Phi) is 5.26. The SMILES string of the molecule is CC(C)(CCO)CNc1cc(Br)ccc1C(F)(F)F. The Hall–Kier alpha value is -0.750. The van der Waals surface area contributed by atoms with Crippen LogP contribution in [0.1, 0.15) is 25.8 Å². The Labute approximate surface area is 119 Å². The summed E-state index contributed by atoms with van der Waals surface area (Å²) in [6.45, 7) is 4.15. The van der Waals surface area contributed by atoms with Crippen molar-refractivity contribution in [1.29, 1.82) is 0 Å². The number of rotatable bonds is 5. The van der Waals surface area contributed by atoms with E-state index in [2.05, 4.69) is 21.2 Å². The minimum atomic E-state index is -4.38. The fourth-order valence-electron chi connectivity index (χ4n) is 1.64. The minimum absolute atomic E-state index is 0.0132. The molecule has 0 fully saturated rings. The van der Waals surface area contributed by atoms with Crippen LogP contribution in [0.4, 0.5) is 18.9 Å². The molecular formula is C13H17BrF3NO. The summed E-state index contributed by atoms with van der Waals surface area (Å²) in [6, 6.07) is 3.83. The summed E-state index contributed by atoms with van der Waals surface area (Å²) >= 11 is 3.17. The average molecular weight is 340 g/mol. The molecule has 0 radical (unpaired) electrons. The van der Waals surface area contributed by atoms with Crippen molar-refractivity contribution in [2.45, 2.75) is 26.4 Å². The minimum Gasteiger partial charge on any atom is -0.396 e. The maximum absolute atomic E-state index is 12.9. The van der Waals surface area contributed by atoms with Crippen LogP contribution in [0.3, 0.4) is 0 Å². The number of aliphatic hydroxyl groups excluding tert-OH is 1. The van der Waals surface area contributed by atoms with E-state index in [0.29, 0.717) is 17.4 Å². The summed E-state index contributed by atoms with van der Waals surface area (Å²) in [6.07, 6.45) is -3.86. The van der Waals surface area contributed by atoms with E-state index in [0.717, 1.165) is 6.07 Å². The molecule has 6 heteroatoms. The van der Waals surface area contributed by atoms with Gasteiger partial charge >= 0.3 is 6.18 Å². The molecule has 0 unspecified atom stereocenters. The molecule has 0 saturated carbocycles. The summed E-state index contributed by atoms with van der Waals surface area (Å²) in [5.41, 5.74) is -0.914. The maximum Gasteiger partial charge on any atom is 0.418 e. The lowest BCUT2D eigenvalue weighted by molar-refractivity contribution is -0.137. The Balaban J connectivity index is 2.91. The third-order valence-corrected chi connectivity index (χ3v) is 3.33. The number of halogens is 4. The molecule has 2 nitrogen and oxygen atoms in total. The fourth-order valence-corrected chi connectivity index (χ4v) is 2.00. The van der Waals surface area contributed by atoms with Crippen molar-refractivity contribution < 1.29 is 18.3 Å². The van der Waals surface area contributed by atoms with Crippen LogP contribution < -0.4 is 5.32 Å². The van der Waals surface area contributed by atoms with Crippen LogP contribution in [0.25, 0.3) is 0 Å². The van der Waals surface area contributed by atoms with E-state index in [4.69, 9.17) is 5.11 Å². The summed E-state index contributed by atoms with van der Waals surface area (Å²) in [5, 5.41) is 11.7. The highest BCUT2D eigenvalue weighted by Crippen LogP contribution is 2.36. The van der Waals surface area contributed by atoms with Crippen LogP contribution >= 0.6 is 15.9 Å². The smallest absolute Gasteiger partial charge is 0.396 e. The van der Waals surface area contributed by atoms with Gasteiger partial charge in [0, 0.05) is 23.3 Å². The molecule has 1 rings (SSSR count). The van der Waals surface area contributed by atoms with Gasteiger partial charge in [0.1, 0.15) is 0 Å². The van der Waals surface area contributed by atoms with Gasteiger partial charge in [-0.25, -0.2) is 0 Å². The van der Waals surface area contributed by atoms with E-state index in [-0.39, 0.29) is 17.7 Å². The van der Waals surface area contributed by atoms with Gasteiger partial charge in [-0.1, -0.05) is 29.8 Å². The molecule has 1 aromatic carbocycles. The van der Waals surface area contributed by atoms with Gasteiger partial charge in [0.05, 0.1) is 5.56 Å². The van der Waals surface area contributed by atoms with Gasteiger partial charge in [-0.05, 0) is 30.0 Å². The molecule has 108 valence electrons. The van der Waals surface area contributed by atoms with Crippen LogP contribution in [-0.2, 0) is 6.18 Å². The monoisotopic (exact) mass is 339 g/mol. The van der Waals surface area contributed by atoms with E-state index in [1.165, 1.54) is 12.1 Å². The zero-order valence-electron chi connectivity index (χ0n) is 10.8. The molecule has 0 saturated heterocycles. The number of aliphatic hydroxyl groups is 1. The second-order valence-electron chi connectivity index (χ2n) is 5.18. The molecule has 19 heavy (non-hydrogen) atoms. The molecule has 0 aliphatic heterocycles. The molecule has 0 aromatic heterocycles. The van der Waals surface area contributed by atoms with Crippen LogP contribution in [0.2, 0.25) is 0 Å². The number of alkyl halides is 3. The third kappa shape index (κ3) is 5.03. The Morgan fingerprint density at radius 1 is 1.26 bits per heavy atom. The highest BCUT2D eigenvalue weighted by Gasteiger charge is 2.33.